The summed E-state index contributed by atoms with van der Waals surface area (Å²) >= 11 is 0. The summed E-state index contributed by atoms with van der Waals surface area (Å²) in [6.07, 6.45) is 7.14. The second-order valence-corrected chi connectivity index (χ2v) is 4.97. The number of hydrogen-bond acceptors (Lipinski definition) is 2. The highest BCUT2D eigenvalue weighted by Crippen LogP contribution is 2.33. The molecule has 1 aliphatic heterocycles. The number of hydrogen-bond donors (Lipinski definition) is 0. The van der Waals surface area contributed by atoms with Gasteiger partial charge in [0.25, 0.3) is 0 Å². The molecule has 0 bridgehead atoms. The fourth-order valence-corrected chi connectivity index (χ4v) is 3.25. The second kappa shape index (κ2) is 3.60. The Morgan fingerprint density at radius 1 is 1.40 bits per heavy atom. The first kappa shape index (κ1) is 9.34. The van der Waals surface area contributed by atoms with Crippen LogP contribution >= 0.6 is 0 Å². The van der Waals surface area contributed by atoms with Crippen LogP contribution in [0.2, 0.25) is 0 Å². The summed E-state index contributed by atoms with van der Waals surface area (Å²) in [5.74, 6) is 0.822. The van der Waals surface area contributed by atoms with Gasteiger partial charge in [0, 0.05) is 17.9 Å². The fourth-order valence-electron chi connectivity index (χ4n) is 3.25. The highest BCUT2D eigenvalue weighted by Gasteiger charge is 2.33. The highest BCUT2D eigenvalue weighted by molar-refractivity contribution is 5.26. The van der Waals surface area contributed by atoms with Crippen molar-refractivity contribution in [2.45, 2.75) is 31.7 Å². The molecule has 80 valence electrons. The van der Waals surface area contributed by atoms with Crippen LogP contribution in [-0.2, 0) is 12.8 Å². The van der Waals surface area contributed by atoms with Gasteiger partial charge in [-0.3, -0.25) is 4.98 Å². The van der Waals surface area contributed by atoms with Crippen LogP contribution in [0.25, 0.3) is 0 Å². The molecule has 0 N–H and O–H groups in total. The van der Waals surface area contributed by atoms with Crippen molar-refractivity contribution in [2.75, 3.05) is 13.6 Å². The zero-order valence-corrected chi connectivity index (χ0v) is 9.32. The summed E-state index contributed by atoms with van der Waals surface area (Å²) in [6, 6.07) is 5.12. The predicted octanol–water partition coefficient (Wildman–Crippen LogP) is 1.89. The molecule has 0 saturated carbocycles. The summed E-state index contributed by atoms with van der Waals surface area (Å²) in [5, 5.41) is 0. The Morgan fingerprint density at radius 2 is 2.33 bits per heavy atom. The van der Waals surface area contributed by atoms with E-state index < -0.39 is 0 Å². The molecule has 0 spiro atoms. The zero-order chi connectivity index (χ0) is 10.3. The van der Waals surface area contributed by atoms with E-state index in [0.717, 1.165) is 12.0 Å². The topological polar surface area (TPSA) is 16.1 Å². The number of likely N-dealkylation sites (tertiary alicyclic amines) is 1. The van der Waals surface area contributed by atoms with Crippen LogP contribution in [0.3, 0.4) is 0 Å². The molecule has 0 radical (unpaired) electrons. The maximum atomic E-state index is 4.49. The van der Waals surface area contributed by atoms with Crippen molar-refractivity contribution in [2.24, 2.45) is 5.92 Å². The Labute approximate surface area is 91.3 Å². The van der Waals surface area contributed by atoms with E-state index >= 15 is 0 Å². The first-order valence-corrected chi connectivity index (χ1v) is 5.97. The van der Waals surface area contributed by atoms with Crippen LogP contribution in [0.1, 0.15) is 24.1 Å². The van der Waals surface area contributed by atoms with E-state index in [-0.39, 0.29) is 0 Å². The van der Waals surface area contributed by atoms with Gasteiger partial charge in [0.05, 0.1) is 0 Å². The molecule has 3 rings (SSSR count). The van der Waals surface area contributed by atoms with Gasteiger partial charge >= 0.3 is 0 Å². The second-order valence-electron chi connectivity index (χ2n) is 4.97. The molecule has 15 heavy (non-hydrogen) atoms. The molecule has 2 aliphatic rings. The van der Waals surface area contributed by atoms with Gasteiger partial charge in [0.15, 0.2) is 0 Å². The van der Waals surface area contributed by atoms with Crippen LogP contribution in [0.4, 0.5) is 0 Å². The Bertz CT molecular complexity index is 336. The van der Waals surface area contributed by atoms with Crippen LogP contribution in [-0.4, -0.2) is 29.5 Å². The van der Waals surface area contributed by atoms with Crippen molar-refractivity contribution < 1.29 is 0 Å². The predicted molar refractivity (Wildman–Crippen MR) is 60.8 cm³/mol. The van der Waals surface area contributed by atoms with Crippen molar-refractivity contribution in [1.29, 1.82) is 0 Å². The van der Waals surface area contributed by atoms with Crippen molar-refractivity contribution >= 4 is 0 Å². The van der Waals surface area contributed by atoms with Crippen LogP contribution in [0.15, 0.2) is 18.3 Å². The number of aromatic nitrogens is 1. The van der Waals surface area contributed by atoms with E-state index in [4.69, 9.17) is 0 Å². The van der Waals surface area contributed by atoms with Gasteiger partial charge in [-0.05, 0) is 56.8 Å². The smallest absolute Gasteiger partial charge is 0.0439 e. The average Bonchev–Trinajstić information content (AvgIpc) is 2.82. The van der Waals surface area contributed by atoms with Gasteiger partial charge in [-0.15, -0.1) is 0 Å². The highest BCUT2D eigenvalue weighted by atomic mass is 15.1. The molecule has 2 nitrogen and oxygen atoms in total. The van der Waals surface area contributed by atoms with Crippen molar-refractivity contribution in [3.8, 4) is 0 Å². The number of rotatable bonds is 1. The summed E-state index contributed by atoms with van der Waals surface area (Å²) in [7, 11) is 2.27. The molecule has 0 aromatic carbocycles. The minimum absolute atomic E-state index is 0.805. The Hall–Kier alpha value is -0.890. The van der Waals surface area contributed by atoms with Gasteiger partial charge in [-0.1, -0.05) is 6.07 Å². The van der Waals surface area contributed by atoms with Crippen LogP contribution < -0.4 is 0 Å². The zero-order valence-electron chi connectivity index (χ0n) is 9.32. The molecule has 1 aromatic heterocycles. The lowest BCUT2D eigenvalue weighted by Crippen LogP contribution is -2.32. The number of nitrogens with zero attached hydrogens (tertiary/aromatic N) is 2. The maximum Gasteiger partial charge on any atom is 0.0439 e. The molecule has 0 amide bonds. The standard InChI is InChI=1S/C13H18N2/c1-15-7-3-5-13(15)11-8-10-4-2-6-14-12(10)9-11/h2,4,6,11,13H,3,5,7-9H2,1H3. The summed E-state index contributed by atoms with van der Waals surface area (Å²) in [6.45, 7) is 1.28. The van der Waals surface area contributed by atoms with Crippen molar-refractivity contribution in [3.05, 3.63) is 29.6 Å². The van der Waals surface area contributed by atoms with Gasteiger partial charge in [0.2, 0.25) is 0 Å². The Morgan fingerprint density at radius 3 is 3.07 bits per heavy atom. The minimum atomic E-state index is 0.805. The third kappa shape index (κ3) is 1.57. The lowest BCUT2D eigenvalue weighted by Gasteiger charge is -2.25. The van der Waals surface area contributed by atoms with Gasteiger partial charge in [-0.2, -0.15) is 0 Å². The minimum Gasteiger partial charge on any atom is -0.303 e. The molecule has 2 unspecified atom stereocenters. The van der Waals surface area contributed by atoms with Crippen LogP contribution in [0.5, 0.6) is 0 Å². The third-order valence-corrected chi connectivity index (χ3v) is 4.04. The first-order valence-electron chi connectivity index (χ1n) is 5.97. The van der Waals surface area contributed by atoms with Gasteiger partial charge in [-0.25, -0.2) is 0 Å². The van der Waals surface area contributed by atoms with Crippen molar-refractivity contribution in [3.63, 3.8) is 0 Å². The lowest BCUT2D eigenvalue weighted by molar-refractivity contribution is 0.231. The number of fused-ring (bicyclic) bond motifs is 1. The molecule has 2 atom stereocenters. The van der Waals surface area contributed by atoms with Crippen molar-refractivity contribution in [1.82, 2.24) is 9.88 Å². The first-order chi connectivity index (χ1) is 7.34. The van der Waals surface area contributed by atoms with E-state index in [2.05, 4.69) is 29.1 Å². The summed E-state index contributed by atoms with van der Waals surface area (Å²) in [5.41, 5.74) is 2.84. The monoisotopic (exact) mass is 202 g/mol. The molecule has 1 aromatic rings. The van der Waals surface area contributed by atoms with Gasteiger partial charge in [0.1, 0.15) is 0 Å². The number of pyridine rings is 1. The average molecular weight is 202 g/mol. The molecule has 2 heterocycles. The lowest BCUT2D eigenvalue weighted by atomic mass is 9.95. The normalized spacial score (nSPS) is 30.7. The maximum absolute atomic E-state index is 4.49. The molecule has 1 fully saturated rings. The third-order valence-electron chi connectivity index (χ3n) is 4.04. The molecular formula is C13H18N2. The summed E-state index contributed by atoms with van der Waals surface area (Å²) < 4.78 is 0. The van der Waals surface area contributed by atoms with E-state index in [1.165, 1.54) is 43.5 Å². The largest absolute Gasteiger partial charge is 0.303 e. The van der Waals surface area contributed by atoms with Gasteiger partial charge < -0.3 is 4.90 Å². The SMILES string of the molecule is CN1CCCC1C1Cc2cccnc2C1. The molecular weight excluding hydrogens is 184 g/mol. The van der Waals surface area contributed by atoms with Crippen LogP contribution in [0, 0.1) is 5.92 Å². The molecule has 2 heteroatoms. The Kier molecular flexibility index (Phi) is 2.24. The van der Waals surface area contributed by atoms with E-state index in [1.807, 2.05) is 6.20 Å². The molecule has 1 saturated heterocycles. The van der Waals surface area contributed by atoms with E-state index in [0.29, 0.717) is 0 Å². The Balaban J connectivity index is 1.78. The fraction of sp³-hybridized carbons (Fsp3) is 0.615. The quantitative estimate of drug-likeness (QED) is 0.691. The van der Waals surface area contributed by atoms with E-state index in [1.54, 1.807) is 0 Å². The molecule has 1 aliphatic carbocycles. The summed E-state index contributed by atoms with van der Waals surface area (Å²) in [4.78, 5) is 7.03. The van der Waals surface area contributed by atoms with E-state index in [9.17, 15) is 0 Å².